The van der Waals surface area contributed by atoms with Crippen LogP contribution in [0.2, 0.25) is 0 Å². The van der Waals surface area contributed by atoms with Crippen LogP contribution in [0.25, 0.3) is 0 Å². The molecule has 5 rings (SSSR count). The van der Waals surface area contributed by atoms with Crippen LogP contribution in [-0.4, -0.2) is 4.98 Å². The van der Waals surface area contributed by atoms with E-state index in [1.54, 1.807) is 0 Å². The first-order chi connectivity index (χ1) is 9.77. The van der Waals surface area contributed by atoms with Gasteiger partial charge in [0.15, 0.2) is 0 Å². The van der Waals surface area contributed by atoms with Crippen LogP contribution in [0.1, 0.15) is 44.1 Å². The lowest BCUT2D eigenvalue weighted by molar-refractivity contribution is -0.0745. The van der Waals surface area contributed by atoms with Gasteiger partial charge in [0.2, 0.25) is 0 Å². The summed E-state index contributed by atoms with van der Waals surface area (Å²) in [7, 11) is 0. The molecule has 1 unspecified atom stereocenters. The third-order valence-electron chi connectivity index (χ3n) is 6.14. The van der Waals surface area contributed by atoms with E-state index in [2.05, 4.69) is 17.1 Å². The molecule has 0 N–H and O–H groups in total. The molecule has 4 saturated carbocycles. The van der Waals surface area contributed by atoms with E-state index < -0.39 is 0 Å². The van der Waals surface area contributed by atoms with E-state index in [0.29, 0.717) is 5.41 Å². The molecule has 1 aromatic rings. The van der Waals surface area contributed by atoms with Gasteiger partial charge >= 0.3 is 0 Å². The van der Waals surface area contributed by atoms with Crippen LogP contribution >= 0.6 is 0 Å². The molecule has 4 aliphatic carbocycles. The first kappa shape index (κ1) is 12.4. The maximum Gasteiger partial charge on any atom is 0.0665 e. The summed E-state index contributed by atoms with van der Waals surface area (Å²) in [5.74, 6) is 2.96. The molecule has 0 radical (unpaired) electrons. The lowest BCUT2D eigenvalue weighted by Crippen LogP contribution is -2.49. The molecule has 4 bridgehead atoms. The summed E-state index contributed by atoms with van der Waals surface area (Å²) in [6.07, 6.45) is 12.9. The van der Waals surface area contributed by atoms with Crippen molar-refractivity contribution < 1.29 is 0 Å². The van der Waals surface area contributed by atoms with Gasteiger partial charge < -0.3 is 0 Å². The van der Waals surface area contributed by atoms with Crippen molar-refractivity contribution in [1.29, 1.82) is 5.26 Å². The van der Waals surface area contributed by atoms with E-state index in [-0.39, 0.29) is 5.92 Å². The van der Waals surface area contributed by atoms with Gasteiger partial charge in [-0.2, -0.15) is 5.26 Å². The van der Waals surface area contributed by atoms with Crippen molar-refractivity contribution in [2.24, 2.45) is 29.1 Å². The average molecular weight is 266 g/mol. The largest absolute Gasteiger partial charge is 0.264 e. The zero-order valence-electron chi connectivity index (χ0n) is 12.0. The van der Waals surface area contributed by atoms with Gasteiger partial charge in [-0.15, -0.1) is 0 Å². The van der Waals surface area contributed by atoms with Crippen molar-refractivity contribution in [3.8, 4) is 6.07 Å². The van der Waals surface area contributed by atoms with E-state index in [4.69, 9.17) is 0 Å². The van der Waals surface area contributed by atoms with Crippen LogP contribution in [0, 0.1) is 40.4 Å². The molecule has 4 fully saturated rings. The van der Waals surface area contributed by atoms with Crippen LogP contribution in [0.15, 0.2) is 24.5 Å². The standard InChI is InChI=1S/C18H22N2/c19-11-17(7-13-2-1-3-20-12-13)18-8-14-4-15(9-18)6-16(5-14)10-18/h1-3,12,14-17H,4-10H2. The Bertz CT molecular complexity index is 493. The number of nitrogens with zero attached hydrogens (tertiary/aromatic N) is 2. The Morgan fingerprint density at radius 3 is 2.35 bits per heavy atom. The van der Waals surface area contributed by atoms with Gasteiger partial charge in [0.25, 0.3) is 0 Å². The molecular formula is C18H22N2. The van der Waals surface area contributed by atoms with Crippen LogP contribution in [0.5, 0.6) is 0 Å². The number of aromatic nitrogens is 1. The lowest BCUT2D eigenvalue weighted by atomic mass is 9.46. The molecule has 2 heteroatoms. The molecular weight excluding hydrogens is 244 g/mol. The smallest absolute Gasteiger partial charge is 0.0665 e. The molecule has 104 valence electrons. The highest BCUT2D eigenvalue weighted by molar-refractivity contribution is 5.16. The fourth-order valence-corrected chi connectivity index (χ4v) is 5.76. The van der Waals surface area contributed by atoms with Gasteiger partial charge in [0, 0.05) is 12.4 Å². The quantitative estimate of drug-likeness (QED) is 0.829. The Labute approximate surface area is 121 Å². The zero-order chi connectivity index (χ0) is 13.6. The predicted molar refractivity (Wildman–Crippen MR) is 77.6 cm³/mol. The molecule has 0 aromatic carbocycles. The Balaban J connectivity index is 1.60. The molecule has 4 aliphatic rings. The monoisotopic (exact) mass is 266 g/mol. The Hall–Kier alpha value is -1.36. The fourth-order valence-electron chi connectivity index (χ4n) is 5.76. The summed E-state index contributed by atoms with van der Waals surface area (Å²) < 4.78 is 0. The lowest BCUT2D eigenvalue weighted by Gasteiger charge is -2.58. The van der Waals surface area contributed by atoms with E-state index in [1.165, 1.54) is 44.1 Å². The first-order valence-corrected chi connectivity index (χ1v) is 8.06. The number of pyridine rings is 1. The molecule has 1 heterocycles. The van der Waals surface area contributed by atoms with Crippen molar-refractivity contribution in [2.75, 3.05) is 0 Å². The number of hydrogen-bond donors (Lipinski definition) is 0. The highest BCUT2D eigenvalue weighted by Gasteiger charge is 2.54. The maximum absolute atomic E-state index is 9.78. The van der Waals surface area contributed by atoms with Gasteiger partial charge in [-0.05, 0) is 79.7 Å². The molecule has 2 nitrogen and oxygen atoms in total. The minimum absolute atomic E-state index is 0.195. The van der Waals surface area contributed by atoms with Crippen LogP contribution < -0.4 is 0 Å². The Morgan fingerprint density at radius 2 is 1.85 bits per heavy atom. The van der Waals surface area contributed by atoms with Crippen molar-refractivity contribution in [3.63, 3.8) is 0 Å². The minimum atomic E-state index is 0.195. The third kappa shape index (κ3) is 1.95. The highest BCUT2D eigenvalue weighted by atomic mass is 14.6. The summed E-state index contributed by atoms with van der Waals surface area (Å²) in [6, 6.07) is 6.79. The van der Waals surface area contributed by atoms with Crippen molar-refractivity contribution in [2.45, 2.75) is 44.9 Å². The SMILES string of the molecule is N#CC(Cc1cccnc1)C12CC3CC(CC(C3)C1)C2. The number of rotatable bonds is 3. The predicted octanol–water partition coefficient (Wildman–Crippen LogP) is 3.98. The highest BCUT2D eigenvalue weighted by Crippen LogP contribution is 2.63. The summed E-state index contributed by atoms with van der Waals surface area (Å²) in [6.45, 7) is 0. The van der Waals surface area contributed by atoms with Gasteiger partial charge in [-0.3, -0.25) is 4.98 Å². The maximum atomic E-state index is 9.78. The summed E-state index contributed by atoms with van der Waals surface area (Å²) >= 11 is 0. The topological polar surface area (TPSA) is 36.7 Å². The van der Waals surface area contributed by atoms with Crippen molar-refractivity contribution >= 4 is 0 Å². The summed E-state index contributed by atoms with van der Waals surface area (Å²) in [5.41, 5.74) is 1.56. The van der Waals surface area contributed by atoms with E-state index in [1.807, 2.05) is 18.5 Å². The first-order valence-electron chi connectivity index (χ1n) is 8.06. The summed E-state index contributed by atoms with van der Waals surface area (Å²) in [5, 5.41) is 9.78. The second kappa shape index (κ2) is 4.58. The summed E-state index contributed by atoms with van der Waals surface area (Å²) in [4.78, 5) is 4.21. The average Bonchev–Trinajstić information content (AvgIpc) is 2.44. The molecule has 1 atom stereocenters. The van der Waals surface area contributed by atoms with Crippen molar-refractivity contribution in [1.82, 2.24) is 4.98 Å². The molecule has 1 aromatic heterocycles. The van der Waals surface area contributed by atoms with Gasteiger partial charge in [0.05, 0.1) is 12.0 Å². The van der Waals surface area contributed by atoms with Crippen LogP contribution in [0.3, 0.4) is 0 Å². The molecule has 20 heavy (non-hydrogen) atoms. The molecule has 0 saturated heterocycles. The van der Waals surface area contributed by atoms with Crippen molar-refractivity contribution in [3.05, 3.63) is 30.1 Å². The zero-order valence-corrected chi connectivity index (χ0v) is 12.0. The number of hydrogen-bond acceptors (Lipinski definition) is 2. The second-order valence-corrected chi connectivity index (χ2v) is 7.53. The van der Waals surface area contributed by atoms with Crippen LogP contribution in [-0.2, 0) is 6.42 Å². The van der Waals surface area contributed by atoms with Crippen LogP contribution in [0.4, 0.5) is 0 Å². The molecule has 0 amide bonds. The fraction of sp³-hybridized carbons (Fsp3) is 0.667. The second-order valence-electron chi connectivity index (χ2n) is 7.53. The normalized spacial score (nSPS) is 39.5. The van der Waals surface area contributed by atoms with E-state index in [0.717, 1.165) is 24.2 Å². The van der Waals surface area contributed by atoms with Gasteiger partial charge in [0.1, 0.15) is 0 Å². The Kier molecular flexibility index (Phi) is 2.84. The van der Waals surface area contributed by atoms with Gasteiger partial charge in [-0.25, -0.2) is 0 Å². The van der Waals surface area contributed by atoms with Gasteiger partial charge in [-0.1, -0.05) is 6.07 Å². The Morgan fingerprint density at radius 1 is 1.20 bits per heavy atom. The molecule has 0 spiro atoms. The third-order valence-corrected chi connectivity index (χ3v) is 6.14. The number of nitriles is 1. The minimum Gasteiger partial charge on any atom is -0.264 e. The van der Waals surface area contributed by atoms with E-state index in [9.17, 15) is 5.26 Å². The van der Waals surface area contributed by atoms with E-state index >= 15 is 0 Å². The molecule has 0 aliphatic heterocycles.